The lowest BCUT2D eigenvalue weighted by Crippen LogP contribution is -2.28. The van der Waals surface area contributed by atoms with Gasteiger partial charge in [0.1, 0.15) is 0 Å². The Morgan fingerprint density at radius 2 is 0.875 bits per heavy atom. The van der Waals surface area contributed by atoms with Gasteiger partial charge in [0.05, 0.1) is 28.2 Å². The molecule has 0 bridgehead atoms. The van der Waals surface area contributed by atoms with Gasteiger partial charge in [0.15, 0.2) is 0 Å². The zero-order chi connectivity index (χ0) is 42.8. The first-order valence-corrected chi connectivity index (χ1v) is 22.8. The molecule has 9 aromatic carbocycles. The fourth-order valence-corrected chi connectivity index (χ4v) is 11.7. The van der Waals surface area contributed by atoms with E-state index in [0.717, 1.165) is 18.5 Å². The van der Waals surface area contributed by atoms with E-state index in [1.54, 1.807) is 0 Å². The van der Waals surface area contributed by atoms with E-state index in [1.807, 2.05) is 0 Å². The van der Waals surface area contributed by atoms with Crippen LogP contribution in [0.2, 0.25) is 0 Å². The van der Waals surface area contributed by atoms with Crippen LogP contribution in [0, 0.1) is 0 Å². The summed E-state index contributed by atoms with van der Waals surface area (Å²) in [5, 5.41) is 0. The summed E-state index contributed by atoms with van der Waals surface area (Å²) < 4.78 is 0. The molecular formula is C62H48N2. The maximum Gasteiger partial charge on any atom is 0.0713 e. The molecule has 0 aromatic heterocycles. The second-order valence-corrected chi connectivity index (χ2v) is 17.4. The van der Waals surface area contributed by atoms with Crippen molar-refractivity contribution >= 4 is 46.3 Å². The van der Waals surface area contributed by atoms with Gasteiger partial charge >= 0.3 is 0 Å². The van der Waals surface area contributed by atoms with Gasteiger partial charge in [0, 0.05) is 16.8 Å². The highest BCUT2D eigenvalue weighted by molar-refractivity contribution is 6.02. The van der Waals surface area contributed by atoms with Crippen molar-refractivity contribution in [3.8, 4) is 22.3 Å². The van der Waals surface area contributed by atoms with Crippen LogP contribution in [0.25, 0.3) is 34.4 Å². The quantitative estimate of drug-likeness (QED) is 0.141. The van der Waals surface area contributed by atoms with Gasteiger partial charge < -0.3 is 9.80 Å². The molecule has 0 atom stereocenters. The molecule has 2 aliphatic carbocycles. The summed E-state index contributed by atoms with van der Waals surface area (Å²) in [6.45, 7) is 4.74. The van der Waals surface area contributed by atoms with Gasteiger partial charge in [-0.25, -0.2) is 0 Å². The van der Waals surface area contributed by atoms with Crippen LogP contribution in [0.5, 0.6) is 0 Å². The van der Waals surface area contributed by atoms with Crippen molar-refractivity contribution in [1.82, 2.24) is 0 Å². The Morgan fingerprint density at radius 3 is 1.48 bits per heavy atom. The summed E-state index contributed by atoms with van der Waals surface area (Å²) in [5.74, 6) is 0. The third-order valence-electron chi connectivity index (χ3n) is 14.5. The van der Waals surface area contributed by atoms with Crippen LogP contribution in [-0.2, 0) is 10.8 Å². The molecular weight excluding hydrogens is 773 g/mol. The highest BCUT2D eigenvalue weighted by atomic mass is 15.3. The van der Waals surface area contributed by atoms with Crippen LogP contribution in [0.15, 0.2) is 218 Å². The lowest BCUT2D eigenvalue weighted by atomic mass is 9.67. The fraction of sp³-hybridized carbons (Fsp3) is 0.0968. The number of hydrogen-bond donors (Lipinski definition) is 0. The molecule has 64 heavy (non-hydrogen) atoms. The largest absolute Gasteiger partial charge is 0.306 e. The number of benzene rings is 9. The van der Waals surface area contributed by atoms with Crippen molar-refractivity contribution in [1.29, 1.82) is 0 Å². The van der Waals surface area contributed by atoms with Crippen LogP contribution in [0.3, 0.4) is 0 Å². The minimum atomic E-state index is -0.419. The van der Waals surface area contributed by atoms with Gasteiger partial charge in [-0.15, -0.1) is 0 Å². The lowest BCUT2D eigenvalue weighted by molar-refractivity contribution is 0.490. The maximum atomic E-state index is 2.50. The molecule has 3 aliphatic rings. The molecule has 0 unspecified atom stereocenters. The molecule has 0 amide bonds. The number of rotatable bonds is 8. The van der Waals surface area contributed by atoms with E-state index < -0.39 is 5.41 Å². The molecule has 9 aromatic rings. The molecule has 2 nitrogen and oxygen atoms in total. The summed E-state index contributed by atoms with van der Waals surface area (Å²) in [4.78, 5) is 4.87. The van der Waals surface area contributed by atoms with Gasteiger partial charge in [-0.05, 0) is 128 Å². The molecule has 2 heteroatoms. The second-order valence-electron chi connectivity index (χ2n) is 17.4. The zero-order valence-electron chi connectivity index (χ0n) is 36.2. The minimum absolute atomic E-state index is 0.118. The predicted molar refractivity (Wildman–Crippen MR) is 269 cm³/mol. The summed E-state index contributed by atoms with van der Waals surface area (Å²) >= 11 is 0. The van der Waals surface area contributed by atoms with E-state index in [0.29, 0.717) is 0 Å². The highest BCUT2D eigenvalue weighted by Gasteiger charge is 2.47. The van der Waals surface area contributed by atoms with Crippen molar-refractivity contribution in [2.45, 2.75) is 37.5 Å². The molecule has 1 aliphatic heterocycles. The van der Waals surface area contributed by atoms with Gasteiger partial charge in [0.25, 0.3) is 0 Å². The monoisotopic (exact) mass is 820 g/mol. The van der Waals surface area contributed by atoms with Crippen molar-refractivity contribution in [3.63, 3.8) is 0 Å². The normalized spacial score (nSPS) is 14.7. The third-order valence-corrected chi connectivity index (χ3v) is 14.5. The lowest BCUT2D eigenvalue weighted by Gasteiger charge is -2.40. The Hall–Kier alpha value is -7.68. The number of fused-ring (bicyclic) bond motifs is 8. The summed E-state index contributed by atoms with van der Waals surface area (Å²) in [6, 6.07) is 80.8. The van der Waals surface area contributed by atoms with Crippen LogP contribution >= 0.6 is 0 Å². The number of hydrogen-bond acceptors (Lipinski definition) is 2. The van der Waals surface area contributed by atoms with Crippen molar-refractivity contribution in [2.75, 3.05) is 9.80 Å². The van der Waals surface area contributed by atoms with Gasteiger partial charge in [-0.1, -0.05) is 196 Å². The zero-order valence-corrected chi connectivity index (χ0v) is 36.2. The van der Waals surface area contributed by atoms with Crippen LogP contribution in [0.4, 0.5) is 34.1 Å². The molecule has 0 saturated heterocycles. The predicted octanol–water partition coefficient (Wildman–Crippen LogP) is 16.6. The Bertz CT molecular complexity index is 3160. The maximum absolute atomic E-state index is 2.50. The van der Waals surface area contributed by atoms with Gasteiger partial charge in [0.2, 0.25) is 0 Å². The smallest absolute Gasteiger partial charge is 0.0713 e. The average molecular weight is 821 g/mol. The number of para-hydroxylation sites is 5. The molecule has 0 fully saturated rings. The van der Waals surface area contributed by atoms with Crippen LogP contribution in [-0.4, -0.2) is 0 Å². The van der Waals surface area contributed by atoms with E-state index in [2.05, 4.69) is 254 Å². The molecule has 0 saturated carbocycles. The third kappa shape index (κ3) is 5.45. The summed E-state index contributed by atoms with van der Waals surface area (Å²) in [5.41, 5.74) is 22.3. The molecule has 0 spiro atoms. The summed E-state index contributed by atoms with van der Waals surface area (Å²) in [6.07, 6.45) is 6.72. The standard InChI is InChI=1S/C62H48N2/c1-3-61(4-2)54-41-43(35-37-44-21-20-30-53-60(44)51-28-14-15-29-52(51)62(53,45-22-8-5-9-23-45)46-24-10-6-11-25-46)36-39-49(54)50-40-38-48(42-55(50)61)64-58-33-18-16-31-56(58)63(47-26-12-7-13-27-47)57-32-17-19-34-59(57)64/h5-42H,3-4H2,1-2H3/b37-35+. The summed E-state index contributed by atoms with van der Waals surface area (Å²) in [7, 11) is 0. The fourth-order valence-electron chi connectivity index (χ4n) is 11.7. The Labute approximate surface area is 377 Å². The van der Waals surface area contributed by atoms with Gasteiger partial charge in [-0.3, -0.25) is 0 Å². The highest BCUT2D eigenvalue weighted by Crippen LogP contribution is 2.59. The van der Waals surface area contributed by atoms with Crippen molar-refractivity contribution in [3.05, 3.63) is 263 Å². The van der Waals surface area contributed by atoms with Crippen LogP contribution in [0.1, 0.15) is 71.2 Å². The first kappa shape index (κ1) is 38.0. The Kier molecular flexibility index (Phi) is 8.91. The Morgan fingerprint density at radius 1 is 0.375 bits per heavy atom. The SMILES string of the molecule is CCC1(CC)c2cc(/C=C/c3cccc4c3-c3ccccc3C4(c3ccccc3)c3ccccc3)ccc2-c2ccc(N3c4ccccc4N(c4ccccc4)c4ccccc43)cc21. The molecule has 12 rings (SSSR count). The van der Waals surface area contributed by atoms with Gasteiger partial charge in [-0.2, -0.15) is 0 Å². The van der Waals surface area contributed by atoms with Crippen molar-refractivity contribution in [2.24, 2.45) is 0 Å². The van der Waals surface area contributed by atoms with E-state index in [-0.39, 0.29) is 5.41 Å². The van der Waals surface area contributed by atoms with E-state index in [4.69, 9.17) is 0 Å². The second kappa shape index (κ2) is 15.0. The van der Waals surface area contributed by atoms with E-state index in [1.165, 1.54) is 95.2 Å². The molecule has 0 N–H and O–H groups in total. The average Bonchev–Trinajstić information content (AvgIpc) is 3.83. The van der Waals surface area contributed by atoms with Crippen molar-refractivity contribution < 1.29 is 0 Å². The Balaban J connectivity index is 0.950. The molecule has 0 radical (unpaired) electrons. The number of anilines is 6. The first-order valence-electron chi connectivity index (χ1n) is 22.8. The minimum Gasteiger partial charge on any atom is -0.306 e. The molecule has 1 heterocycles. The topological polar surface area (TPSA) is 6.48 Å². The van der Waals surface area contributed by atoms with E-state index in [9.17, 15) is 0 Å². The van der Waals surface area contributed by atoms with Crippen LogP contribution < -0.4 is 9.80 Å². The van der Waals surface area contributed by atoms with E-state index >= 15 is 0 Å². The number of nitrogens with zero attached hydrogens (tertiary/aromatic N) is 2. The first-order chi connectivity index (χ1) is 31.7. The molecule has 306 valence electrons.